The Morgan fingerprint density at radius 1 is 1.21 bits per heavy atom. The number of carbonyl (C=O) groups excluding carboxylic acids is 1. The van der Waals surface area contributed by atoms with Gasteiger partial charge in [0, 0.05) is 48.4 Å². The summed E-state index contributed by atoms with van der Waals surface area (Å²) in [6, 6.07) is 7.97. The zero-order valence-corrected chi connectivity index (χ0v) is 15.4. The van der Waals surface area contributed by atoms with Gasteiger partial charge in [0.25, 0.3) is 0 Å². The van der Waals surface area contributed by atoms with Gasteiger partial charge in [0.05, 0.1) is 5.52 Å². The van der Waals surface area contributed by atoms with Crippen molar-refractivity contribution in [3.63, 3.8) is 0 Å². The van der Waals surface area contributed by atoms with Crippen molar-refractivity contribution in [2.24, 2.45) is 0 Å². The van der Waals surface area contributed by atoms with E-state index >= 15 is 0 Å². The number of carbonyl (C=O) groups is 1. The number of rotatable bonds is 6. The van der Waals surface area contributed by atoms with E-state index in [0.717, 1.165) is 47.0 Å². The average molecular weight is 372 g/mol. The van der Waals surface area contributed by atoms with Crippen LogP contribution in [0.15, 0.2) is 68.0 Å². The van der Waals surface area contributed by atoms with Crippen molar-refractivity contribution >= 4 is 17.3 Å². The fraction of sp³-hybridized carbons (Fsp3) is 0.182. The molecule has 0 N–H and O–H groups in total. The van der Waals surface area contributed by atoms with E-state index in [-0.39, 0.29) is 5.92 Å². The molecule has 0 spiro atoms. The number of aromatic nitrogens is 3. The van der Waals surface area contributed by atoms with E-state index in [2.05, 4.69) is 40.2 Å². The second-order valence-corrected chi connectivity index (χ2v) is 6.77. The molecule has 2 aromatic heterocycles. The van der Waals surface area contributed by atoms with Gasteiger partial charge in [0.15, 0.2) is 0 Å². The minimum atomic E-state index is 0.258. The summed E-state index contributed by atoms with van der Waals surface area (Å²) < 4.78 is 5.47. The van der Waals surface area contributed by atoms with E-state index < -0.39 is 0 Å². The molecule has 0 aliphatic carbocycles. The summed E-state index contributed by atoms with van der Waals surface area (Å²) in [5.74, 6) is 1.18. The Balaban J connectivity index is 1.72. The number of fused-ring (bicyclic) bond motifs is 1. The molecule has 1 aliphatic heterocycles. The molecule has 1 unspecified atom stereocenters. The van der Waals surface area contributed by atoms with Gasteiger partial charge in [-0.05, 0) is 41.8 Å². The largest absolute Gasteiger partial charge is 0.440 e. The predicted octanol–water partition coefficient (Wildman–Crippen LogP) is 3.72. The van der Waals surface area contributed by atoms with Gasteiger partial charge in [-0.3, -0.25) is 4.79 Å². The Morgan fingerprint density at radius 3 is 2.82 bits per heavy atom. The van der Waals surface area contributed by atoms with E-state index in [0.29, 0.717) is 18.2 Å². The predicted molar refractivity (Wildman–Crippen MR) is 108 cm³/mol. The molecule has 1 aliphatic rings. The van der Waals surface area contributed by atoms with Gasteiger partial charge < -0.3 is 9.64 Å². The lowest BCUT2D eigenvalue weighted by molar-refractivity contribution is -0.117. The summed E-state index contributed by atoms with van der Waals surface area (Å²) in [5, 5.41) is 0.972. The van der Waals surface area contributed by atoms with Crippen LogP contribution < -0.4 is 4.74 Å². The molecule has 0 saturated carbocycles. The molecule has 4 rings (SSSR count). The third-order valence-corrected chi connectivity index (χ3v) is 4.98. The number of likely N-dealkylation sites (tertiary alicyclic amines) is 1. The molecular weight excluding hydrogens is 352 g/mol. The highest BCUT2D eigenvalue weighted by atomic mass is 16.5. The molecule has 140 valence electrons. The molecule has 1 atom stereocenters. The second-order valence-electron chi connectivity index (χ2n) is 6.77. The molecule has 1 amide bonds. The molecule has 6 nitrogen and oxygen atoms in total. The monoisotopic (exact) mass is 372 g/mol. The maximum atomic E-state index is 11.1. The quantitative estimate of drug-likeness (QED) is 0.375. The summed E-state index contributed by atoms with van der Waals surface area (Å²) in [4.78, 5) is 26.0. The molecule has 1 saturated heterocycles. The van der Waals surface area contributed by atoms with Gasteiger partial charge in [-0.25, -0.2) is 15.0 Å². The van der Waals surface area contributed by atoms with E-state index in [1.165, 1.54) is 6.08 Å². The number of allylic oxidation sites excluding steroid dienone is 1. The molecule has 6 heteroatoms. The van der Waals surface area contributed by atoms with Gasteiger partial charge in [0.1, 0.15) is 12.1 Å². The van der Waals surface area contributed by atoms with Crippen molar-refractivity contribution in [3.05, 3.63) is 73.5 Å². The number of nitrogens with zero attached hydrogens (tertiary/aromatic N) is 4. The van der Waals surface area contributed by atoms with Crippen molar-refractivity contribution in [2.45, 2.75) is 12.3 Å². The zero-order valence-electron chi connectivity index (χ0n) is 15.4. The minimum absolute atomic E-state index is 0.258. The van der Waals surface area contributed by atoms with E-state index in [1.807, 2.05) is 17.2 Å². The van der Waals surface area contributed by atoms with Crippen LogP contribution in [0.2, 0.25) is 0 Å². The van der Waals surface area contributed by atoms with Crippen LogP contribution in [0.3, 0.4) is 0 Å². The van der Waals surface area contributed by atoms with Crippen LogP contribution in [-0.2, 0) is 4.79 Å². The van der Waals surface area contributed by atoms with E-state index in [1.54, 1.807) is 18.6 Å². The summed E-state index contributed by atoms with van der Waals surface area (Å²) in [7, 11) is 0. The molecule has 0 radical (unpaired) electrons. The Labute approximate surface area is 163 Å². The standard InChI is InChI=1S/C22H20N4O2/c1-3-15(2)28-21-5-4-16(11-24-21)18-8-19-10-23-13-25-22(19)20(9-18)17-6-7-26(12-17)14-27/h3-5,8-11,13-14,17H,1-2,6-7,12H2. The van der Waals surface area contributed by atoms with Gasteiger partial charge in [-0.2, -0.15) is 0 Å². The first-order valence-corrected chi connectivity index (χ1v) is 9.06. The van der Waals surface area contributed by atoms with Gasteiger partial charge in [0.2, 0.25) is 12.3 Å². The van der Waals surface area contributed by atoms with Crippen molar-refractivity contribution in [2.75, 3.05) is 13.1 Å². The lowest BCUT2D eigenvalue weighted by atomic mass is 9.92. The topological polar surface area (TPSA) is 68.2 Å². The van der Waals surface area contributed by atoms with Crippen LogP contribution in [0.5, 0.6) is 5.88 Å². The Morgan fingerprint density at radius 2 is 2.11 bits per heavy atom. The molecular formula is C22H20N4O2. The third-order valence-electron chi connectivity index (χ3n) is 4.98. The fourth-order valence-corrected chi connectivity index (χ4v) is 3.53. The highest BCUT2D eigenvalue weighted by Gasteiger charge is 2.25. The number of pyridine rings is 1. The van der Waals surface area contributed by atoms with Gasteiger partial charge in [-0.1, -0.05) is 13.2 Å². The maximum Gasteiger partial charge on any atom is 0.219 e. The van der Waals surface area contributed by atoms with Gasteiger partial charge >= 0.3 is 0 Å². The van der Waals surface area contributed by atoms with Crippen LogP contribution in [0.25, 0.3) is 22.0 Å². The van der Waals surface area contributed by atoms with Crippen LogP contribution in [0.4, 0.5) is 0 Å². The van der Waals surface area contributed by atoms with Crippen molar-refractivity contribution < 1.29 is 9.53 Å². The zero-order chi connectivity index (χ0) is 19.5. The SMILES string of the molecule is C=CC(=C)Oc1ccc(-c2cc(C3CCN(C=O)C3)c3ncncc3c2)cn1. The lowest BCUT2D eigenvalue weighted by Crippen LogP contribution is -2.17. The maximum absolute atomic E-state index is 11.1. The van der Waals surface area contributed by atoms with Gasteiger partial charge in [-0.15, -0.1) is 0 Å². The molecule has 3 aromatic rings. The van der Waals surface area contributed by atoms with Crippen LogP contribution in [0, 0.1) is 0 Å². The van der Waals surface area contributed by atoms with Crippen LogP contribution in [0.1, 0.15) is 17.9 Å². The van der Waals surface area contributed by atoms with Crippen molar-refractivity contribution in [1.82, 2.24) is 19.9 Å². The van der Waals surface area contributed by atoms with Crippen LogP contribution >= 0.6 is 0 Å². The number of ether oxygens (including phenoxy) is 1. The smallest absolute Gasteiger partial charge is 0.219 e. The third kappa shape index (κ3) is 3.49. The van der Waals surface area contributed by atoms with E-state index in [9.17, 15) is 4.79 Å². The minimum Gasteiger partial charge on any atom is -0.440 e. The molecule has 1 fully saturated rings. The summed E-state index contributed by atoms with van der Waals surface area (Å²) in [6.45, 7) is 8.83. The number of hydrogen-bond donors (Lipinski definition) is 0. The van der Waals surface area contributed by atoms with Crippen LogP contribution in [-0.4, -0.2) is 39.4 Å². The van der Waals surface area contributed by atoms with E-state index in [4.69, 9.17) is 4.74 Å². The molecule has 0 bridgehead atoms. The van der Waals surface area contributed by atoms with Crippen molar-refractivity contribution in [3.8, 4) is 17.0 Å². The average Bonchev–Trinajstić information content (AvgIpc) is 3.22. The van der Waals surface area contributed by atoms with Crippen molar-refractivity contribution in [1.29, 1.82) is 0 Å². The Hall–Kier alpha value is -3.54. The number of amides is 1. The summed E-state index contributed by atoms with van der Waals surface area (Å²) in [6.07, 6.45) is 8.54. The first-order chi connectivity index (χ1) is 13.7. The number of benzene rings is 1. The Kier molecular flexibility index (Phi) is 4.85. The summed E-state index contributed by atoms with van der Waals surface area (Å²) in [5.41, 5.74) is 4.07. The first-order valence-electron chi connectivity index (χ1n) is 9.06. The molecule has 28 heavy (non-hydrogen) atoms. The fourth-order valence-electron chi connectivity index (χ4n) is 3.53. The second kappa shape index (κ2) is 7.60. The Bertz CT molecular complexity index is 1050. The number of hydrogen-bond acceptors (Lipinski definition) is 5. The highest BCUT2D eigenvalue weighted by Crippen LogP contribution is 2.35. The summed E-state index contributed by atoms with van der Waals surface area (Å²) >= 11 is 0. The highest BCUT2D eigenvalue weighted by molar-refractivity contribution is 5.87. The molecule has 1 aromatic carbocycles. The normalized spacial score (nSPS) is 16.1. The first kappa shape index (κ1) is 17.9. The molecule has 3 heterocycles. The lowest BCUT2D eigenvalue weighted by Gasteiger charge is -2.15.